The summed E-state index contributed by atoms with van der Waals surface area (Å²) in [5, 5.41) is 9.55. The molecule has 1 rings (SSSR count). The lowest BCUT2D eigenvalue weighted by Gasteiger charge is -2.22. The summed E-state index contributed by atoms with van der Waals surface area (Å²) in [5.74, 6) is -0.972. The molecular formula is C11H13FO3. The Kier molecular flexibility index (Phi) is 2.98. The molecule has 1 N–H and O–H groups in total. The van der Waals surface area contributed by atoms with Gasteiger partial charge in [0, 0.05) is 6.07 Å². The fraction of sp³-hybridized carbons (Fsp3) is 0.364. The first kappa shape index (κ1) is 11.5. The van der Waals surface area contributed by atoms with Crippen molar-refractivity contribution >= 4 is 6.29 Å². The number of hydrogen-bond donors (Lipinski definition) is 1. The highest BCUT2D eigenvalue weighted by Gasteiger charge is 2.17. The number of phenols is 1. The second kappa shape index (κ2) is 3.88. The molecule has 0 fully saturated rings. The van der Waals surface area contributed by atoms with E-state index >= 15 is 0 Å². The molecule has 0 spiro atoms. The maximum Gasteiger partial charge on any atom is 0.168 e. The van der Waals surface area contributed by atoms with Crippen molar-refractivity contribution in [3.63, 3.8) is 0 Å². The summed E-state index contributed by atoms with van der Waals surface area (Å²) >= 11 is 0. The Balaban J connectivity index is 3.18. The van der Waals surface area contributed by atoms with Gasteiger partial charge in [0.2, 0.25) is 0 Å². The van der Waals surface area contributed by atoms with Crippen molar-refractivity contribution in [1.29, 1.82) is 0 Å². The smallest absolute Gasteiger partial charge is 0.168 e. The maximum absolute atomic E-state index is 13.0. The first-order chi connectivity index (χ1) is 6.83. The van der Waals surface area contributed by atoms with Crippen molar-refractivity contribution in [2.24, 2.45) is 0 Å². The molecule has 1 aromatic rings. The molecule has 15 heavy (non-hydrogen) atoms. The quantitative estimate of drug-likeness (QED) is 0.766. The Morgan fingerprint density at radius 2 is 2.00 bits per heavy atom. The van der Waals surface area contributed by atoms with Crippen LogP contribution in [0.15, 0.2) is 12.1 Å². The van der Waals surface area contributed by atoms with Crippen molar-refractivity contribution in [1.82, 2.24) is 0 Å². The van der Waals surface area contributed by atoms with Crippen LogP contribution in [-0.4, -0.2) is 17.0 Å². The summed E-state index contributed by atoms with van der Waals surface area (Å²) in [6, 6.07) is 2.01. The van der Waals surface area contributed by atoms with Crippen LogP contribution >= 0.6 is 0 Å². The Morgan fingerprint density at radius 1 is 1.40 bits per heavy atom. The lowest BCUT2D eigenvalue weighted by Crippen LogP contribution is -2.23. The van der Waals surface area contributed by atoms with Crippen molar-refractivity contribution in [3.05, 3.63) is 23.5 Å². The molecule has 0 saturated carbocycles. The SMILES string of the molecule is CC(C)(C)Oc1cc(F)cc(C=O)c1O. The van der Waals surface area contributed by atoms with Gasteiger partial charge in [-0.1, -0.05) is 0 Å². The fourth-order valence-corrected chi connectivity index (χ4v) is 1.09. The van der Waals surface area contributed by atoms with Gasteiger partial charge in [-0.05, 0) is 26.8 Å². The van der Waals surface area contributed by atoms with Crippen LogP contribution in [0.3, 0.4) is 0 Å². The molecule has 0 aliphatic carbocycles. The van der Waals surface area contributed by atoms with Gasteiger partial charge < -0.3 is 9.84 Å². The highest BCUT2D eigenvalue weighted by atomic mass is 19.1. The molecule has 3 nitrogen and oxygen atoms in total. The first-order valence-electron chi connectivity index (χ1n) is 4.50. The number of ether oxygens (including phenoxy) is 1. The van der Waals surface area contributed by atoms with Crippen LogP contribution in [0.4, 0.5) is 4.39 Å². The third-order valence-corrected chi connectivity index (χ3v) is 1.61. The standard InChI is InChI=1S/C11H13FO3/c1-11(2,3)15-9-5-8(12)4-7(6-13)10(9)14/h4-6,14H,1-3H3. The molecule has 0 radical (unpaired) electrons. The Morgan fingerprint density at radius 3 is 2.47 bits per heavy atom. The van der Waals surface area contributed by atoms with E-state index in [-0.39, 0.29) is 17.1 Å². The van der Waals surface area contributed by atoms with E-state index in [1.807, 2.05) is 0 Å². The molecule has 0 aromatic heterocycles. The van der Waals surface area contributed by atoms with Crippen molar-refractivity contribution in [2.75, 3.05) is 0 Å². The summed E-state index contributed by atoms with van der Waals surface area (Å²) in [7, 11) is 0. The molecule has 0 heterocycles. The van der Waals surface area contributed by atoms with Crippen LogP contribution in [0.1, 0.15) is 31.1 Å². The van der Waals surface area contributed by atoms with Crippen LogP contribution in [0.2, 0.25) is 0 Å². The minimum Gasteiger partial charge on any atom is -0.504 e. The minimum atomic E-state index is -0.617. The fourth-order valence-electron chi connectivity index (χ4n) is 1.09. The van der Waals surface area contributed by atoms with Gasteiger partial charge in [0.15, 0.2) is 17.8 Å². The number of aldehydes is 1. The molecule has 0 aliphatic rings. The summed E-state index contributed by atoms with van der Waals surface area (Å²) < 4.78 is 18.3. The zero-order valence-corrected chi connectivity index (χ0v) is 8.87. The Labute approximate surface area is 87.5 Å². The van der Waals surface area contributed by atoms with Crippen LogP contribution in [-0.2, 0) is 0 Å². The number of benzene rings is 1. The monoisotopic (exact) mass is 212 g/mol. The zero-order chi connectivity index (χ0) is 11.6. The van der Waals surface area contributed by atoms with Gasteiger partial charge in [0.25, 0.3) is 0 Å². The largest absolute Gasteiger partial charge is 0.504 e. The molecule has 4 heteroatoms. The first-order valence-corrected chi connectivity index (χ1v) is 4.50. The predicted octanol–water partition coefficient (Wildman–Crippen LogP) is 2.52. The van der Waals surface area contributed by atoms with Gasteiger partial charge >= 0.3 is 0 Å². The third kappa shape index (κ3) is 2.94. The maximum atomic E-state index is 13.0. The molecule has 0 bridgehead atoms. The van der Waals surface area contributed by atoms with Crippen LogP contribution < -0.4 is 4.74 Å². The summed E-state index contributed by atoms with van der Waals surface area (Å²) in [5.41, 5.74) is -0.680. The highest BCUT2D eigenvalue weighted by molar-refractivity contribution is 5.80. The summed E-state index contributed by atoms with van der Waals surface area (Å²) in [6.07, 6.45) is 0.383. The van der Waals surface area contributed by atoms with E-state index in [4.69, 9.17) is 4.74 Å². The highest BCUT2D eigenvalue weighted by Crippen LogP contribution is 2.32. The van der Waals surface area contributed by atoms with Crippen LogP contribution in [0.25, 0.3) is 0 Å². The normalized spacial score (nSPS) is 11.2. The van der Waals surface area contributed by atoms with Crippen LogP contribution in [0.5, 0.6) is 11.5 Å². The number of hydrogen-bond acceptors (Lipinski definition) is 3. The van der Waals surface area contributed by atoms with E-state index < -0.39 is 11.4 Å². The average Bonchev–Trinajstić information content (AvgIpc) is 2.08. The minimum absolute atomic E-state index is 0.0235. The number of carbonyl (C=O) groups is 1. The topological polar surface area (TPSA) is 46.5 Å². The molecule has 0 aliphatic heterocycles. The molecule has 0 amide bonds. The van der Waals surface area contributed by atoms with Gasteiger partial charge in [0.05, 0.1) is 5.56 Å². The van der Waals surface area contributed by atoms with Gasteiger partial charge in [-0.3, -0.25) is 4.79 Å². The second-order valence-electron chi connectivity index (χ2n) is 4.17. The van der Waals surface area contributed by atoms with Gasteiger partial charge in [-0.2, -0.15) is 0 Å². The van der Waals surface area contributed by atoms with Crippen LogP contribution in [0, 0.1) is 5.82 Å². The van der Waals surface area contributed by atoms with Crippen molar-refractivity contribution < 1.29 is 19.0 Å². The molecule has 0 atom stereocenters. The van der Waals surface area contributed by atoms with Crippen molar-refractivity contribution in [3.8, 4) is 11.5 Å². The number of carbonyl (C=O) groups excluding carboxylic acids is 1. The number of aromatic hydroxyl groups is 1. The lowest BCUT2D eigenvalue weighted by molar-refractivity contribution is 0.110. The van der Waals surface area contributed by atoms with Gasteiger partial charge in [0.1, 0.15) is 11.4 Å². The van der Waals surface area contributed by atoms with E-state index in [0.29, 0.717) is 6.29 Å². The van der Waals surface area contributed by atoms with E-state index in [1.165, 1.54) is 0 Å². The molecule has 0 unspecified atom stereocenters. The van der Waals surface area contributed by atoms with E-state index in [0.717, 1.165) is 12.1 Å². The van der Waals surface area contributed by atoms with E-state index in [9.17, 15) is 14.3 Å². The molecule has 0 saturated heterocycles. The number of phenolic OH excluding ortho intramolecular Hbond substituents is 1. The number of halogens is 1. The second-order valence-corrected chi connectivity index (χ2v) is 4.17. The van der Waals surface area contributed by atoms with E-state index in [2.05, 4.69) is 0 Å². The predicted molar refractivity (Wildman–Crippen MR) is 53.8 cm³/mol. The lowest BCUT2D eigenvalue weighted by atomic mass is 10.1. The zero-order valence-electron chi connectivity index (χ0n) is 8.87. The Bertz CT molecular complexity index is 380. The van der Waals surface area contributed by atoms with Gasteiger partial charge in [-0.25, -0.2) is 4.39 Å². The summed E-state index contributed by atoms with van der Waals surface area (Å²) in [4.78, 5) is 10.5. The molecular weight excluding hydrogens is 199 g/mol. The van der Waals surface area contributed by atoms with Crippen molar-refractivity contribution in [2.45, 2.75) is 26.4 Å². The number of rotatable bonds is 2. The Hall–Kier alpha value is -1.58. The molecule has 1 aromatic carbocycles. The van der Waals surface area contributed by atoms with E-state index in [1.54, 1.807) is 20.8 Å². The third-order valence-electron chi connectivity index (χ3n) is 1.61. The summed E-state index contributed by atoms with van der Waals surface area (Å²) in [6.45, 7) is 5.29. The molecule has 82 valence electrons. The average molecular weight is 212 g/mol. The van der Waals surface area contributed by atoms with Gasteiger partial charge in [-0.15, -0.1) is 0 Å².